The maximum atomic E-state index is 12.2. The zero-order valence-electron chi connectivity index (χ0n) is 13.6. The second-order valence-corrected chi connectivity index (χ2v) is 6.82. The van der Waals surface area contributed by atoms with E-state index in [2.05, 4.69) is 10.6 Å². The summed E-state index contributed by atoms with van der Waals surface area (Å²) in [4.78, 5) is 35.4. The number of carbonyl (C=O) groups is 3. The Hall–Kier alpha value is -1.63. The minimum absolute atomic E-state index is 0.0861. The molecule has 7 heteroatoms. The van der Waals surface area contributed by atoms with Crippen LogP contribution < -0.4 is 22.1 Å². The number of amides is 3. The molecule has 1 aliphatic heterocycles. The van der Waals surface area contributed by atoms with Crippen LogP contribution in [0.5, 0.6) is 0 Å². The largest absolute Gasteiger partial charge is 0.368 e. The van der Waals surface area contributed by atoms with Crippen molar-refractivity contribution in [1.82, 2.24) is 10.6 Å². The number of primary amides is 1. The quantitative estimate of drug-likeness (QED) is 0.516. The molecule has 1 saturated heterocycles. The fourth-order valence-corrected chi connectivity index (χ4v) is 3.57. The third-order valence-corrected chi connectivity index (χ3v) is 4.99. The highest BCUT2D eigenvalue weighted by molar-refractivity contribution is 5.89. The van der Waals surface area contributed by atoms with Crippen LogP contribution in [0.2, 0.25) is 0 Å². The van der Waals surface area contributed by atoms with Crippen molar-refractivity contribution >= 4 is 17.7 Å². The highest BCUT2D eigenvalue weighted by Crippen LogP contribution is 2.27. The summed E-state index contributed by atoms with van der Waals surface area (Å²) in [6, 6.07) is -1.47. The van der Waals surface area contributed by atoms with Gasteiger partial charge in [0.1, 0.15) is 6.04 Å². The first kappa shape index (κ1) is 17.7. The normalized spacial score (nSPS) is 24.7. The molecule has 0 aromatic rings. The summed E-state index contributed by atoms with van der Waals surface area (Å²) in [6.07, 6.45) is 7.41. The van der Waals surface area contributed by atoms with E-state index in [1.165, 1.54) is 19.3 Å². The Morgan fingerprint density at radius 3 is 2.43 bits per heavy atom. The SMILES string of the molecule is NC(=O)[C@H](C[C@@H]1CCNC1=O)NC(=O)[C@@H](N)CC1CCCCC1. The van der Waals surface area contributed by atoms with Crippen molar-refractivity contribution in [2.75, 3.05) is 6.54 Å². The Labute approximate surface area is 136 Å². The van der Waals surface area contributed by atoms with Crippen LogP contribution in [0.25, 0.3) is 0 Å². The molecule has 3 atom stereocenters. The Morgan fingerprint density at radius 1 is 1.17 bits per heavy atom. The topological polar surface area (TPSA) is 127 Å². The molecule has 1 aliphatic carbocycles. The van der Waals surface area contributed by atoms with Crippen molar-refractivity contribution in [2.45, 2.75) is 63.5 Å². The van der Waals surface area contributed by atoms with Crippen LogP contribution in [0.3, 0.4) is 0 Å². The molecule has 2 aliphatic rings. The van der Waals surface area contributed by atoms with Crippen molar-refractivity contribution in [1.29, 1.82) is 0 Å². The summed E-state index contributed by atoms with van der Waals surface area (Å²) in [7, 11) is 0. The van der Waals surface area contributed by atoms with Gasteiger partial charge >= 0.3 is 0 Å². The molecule has 2 rings (SSSR count). The Morgan fingerprint density at radius 2 is 1.87 bits per heavy atom. The number of hydrogen-bond donors (Lipinski definition) is 4. The van der Waals surface area contributed by atoms with Gasteiger partial charge in [-0.3, -0.25) is 14.4 Å². The summed E-state index contributed by atoms with van der Waals surface area (Å²) in [5.41, 5.74) is 11.4. The van der Waals surface area contributed by atoms with Crippen molar-refractivity contribution < 1.29 is 14.4 Å². The average Bonchev–Trinajstić information content (AvgIpc) is 2.92. The molecule has 0 bridgehead atoms. The van der Waals surface area contributed by atoms with Gasteiger partial charge in [0.2, 0.25) is 17.7 Å². The van der Waals surface area contributed by atoms with Crippen molar-refractivity contribution in [3.8, 4) is 0 Å². The molecule has 0 unspecified atom stereocenters. The van der Waals surface area contributed by atoms with E-state index in [4.69, 9.17) is 11.5 Å². The molecular weight excluding hydrogens is 296 g/mol. The standard InChI is InChI=1S/C16H28N4O3/c17-12(8-10-4-2-1-3-5-10)16(23)20-13(14(18)21)9-11-6-7-19-15(11)22/h10-13H,1-9,17H2,(H2,18,21)(H,19,22)(H,20,23)/t11-,12-,13-/m0/s1. The van der Waals surface area contributed by atoms with E-state index in [1.54, 1.807) is 0 Å². The fraction of sp³-hybridized carbons (Fsp3) is 0.812. The van der Waals surface area contributed by atoms with Gasteiger partial charge in [-0.2, -0.15) is 0 Å². The third kappa shape index (κ3) is 5.20. The lowest BCUT2D eigenvalue weighted by molar-refractivity contribution is -0.129. The molecule has 0 radical (unpaired) electrons. The molecule has 130 valence electrons. The summed E-state index contributed by atoms with van der Waals surface area (Å²) < 4.78 is 0. The summed E-state index contributed by atoms with van der Waals surface area (Å²) >= 11 is 0. The minimum atomic E-state index is -0.839. The Bertz CT molecular complexity index is 449. The van der Waals surface area contributed by atoms with Gasteiger partial charge in [0.25, 0.3) is 0 Å². The van der Waals surface area contributed by atoms with E-state index in [-0.39, 0.29) is 24.2 Å². The van der Waals surface area contributed by atoms with Gasteiger partial charge in [-0.1, -0.05) is 32.1 Å². The first-order valence-electron chi connectivity index (χ1n) is 8.60. The zero-order valence-corrected chi connectivity index (χ0v) is 13.6. The first-order valence-corrected chi connectivity index (χ1v) is 8.60. The number of carbonyl (C=O) groups excluding carboxylic acids is 3. The maximum Gasteiger partial charge on any atom is 0.240 e. The van der Waals surface area contributed by atoms with Crippen LogP contribution >= 0.6 is 0 Å². The molecular formula is C16H28N4O3. The van der Waals surface area contributed by atoms with Crippen LogP contribution in [0, 0.1) is 11.8 Å². The maximum absolute atomic E-state index is 12.2. The van der Waals surface area contributed by atoms with Crippen LogP contribution in [-0.2, 0) is 14.4 Å². The molecule has 1 saturated carbocycles. The fourth-order valence-electron chi connectivity index (χ4n) is 3.57. The number of rotatable bonds is 7. The van der Waals surface area contributed by atoms with E-state index in [0.29, 0.717) is 25.3 Å². The van der Waals surface area contributed by atoms with Gasteiger partial charge in [0, 0.05) is 12.5 Å². The molecule has 6 N–H and O–H groups in total. The smallest absolute Gasteiger partial charge is 0.240 e. The van der Waals surface area contributed by atoms with Crippen LogP contribution in [0.15, 0.2) is 0 Å². The second kappa shape index (κ2) is 8.29. The lowest BCUT2D eigenvalue weighted by Gasteiger charge is -2.25. The van der Waals surface area contributed by atoms with Crippen LogP contribution in [0.1, 0.15) is 51.4 Å². The molecule has 7 nitrogen and oxygen atoms in total. The monoisotopic (exact) mass is 324 g/mol. The van der Waals surface area contributed by atoms with Crippen LogP contribution in [-0.4, -0.2) is 36.3 Å². The molecule has 3 amide bonds. The predicted molar refractivity (Wildman–Crippen MR) is 86.0 cm³/mol. The molecule has 23 heavy (non-hydrogen) atoms. The van der Waals surface area contributed by atoms with E-state index < -0.39 is 18.0 Å². The van der Waals surface area contributed by atoms with Gasteiger partial charge in [-0.15, -0.1) is 0 Å². The minimum Gasteiger partial charge on any atom is -0.368 e. The van der Waals surface area contributed by atoms with Gasteiger partial charge in [0.05, 0.1) is 6.04 Å². The summed E-state index contributed by atoms with van der Waals surface area (Å²) in [6.45, 7) is 0.601. The van der Waals surface area contributed by atoms with Crippen molar-refractivity contribution in [3.63, 3.8) is 0 Å². The molecule has 1 heterocycles. The summed E-state index contributed by atoms with van der Waals surface area (Å²) in [5, 5.41) is 5.35. The van der Waals surface area contributed by atoms with E-state index in [9.17, 15) is 14.4 Å². The highest BCUT2D eigenvalue weighted by Gasteiger charge is 2.31. The molecule has 0 aromatic heterocycles. The first-order chi connectivity index (χ1) is 11.0. The average molecular weight is 324 g/mol. The zero-order chi connectivity index (χ0) is 16.8. The molecule has 2 fully saturated rings. The third-order valence-electron chi connectivity index (χ3n) is 4.99. The van der Waals surface area contributed by atoms with E-state index >= 15 is 0 Å². The van der Waals surface area contributed by atoms with E-state index in [1.807, 2.05) is 0 Å². The lowest BCUT2D eigenvalue weighted by Crippen LogP contribution is -2.51. The summed E-state index contributed by atoms with van der Waals surface area (Å²) in [5.74, 6) is -0.850. The van der Waals surface area contributed by atoms with Crippen molar-refractivity contribution in [3.05, 3.63) is 0 Å². The lowest BCUT2D eigenvalue weighted by atomic mass is 9.85. The van der Waals surface area contributed by atoms with E-state index in [0.717, 1.165) is 12.8 Å². The molecule has 0 aromatic carbocycles. The predicted octanol–water partition coefficient (Wildman–Crippen LogP) is -0.220. The van der Waals surface area contributed by atoms with Gasteiger partial charge in [-0.05, 0) is 25.2 Å². The highest BCUT2D eigenvalue weighted by atomic mass is 16.2. The molecule has 0 spiro atoms. The van der Waals surface area contributed by atoms with Gasteiger partial charge in [-0.25, -0.2) is 0 Å². The number of nitrogens with two attached hydrogens (primary N) is 2. The van der Waals surface area contributed by atoms with Gasteiger partial charge < -0.3 is 22.1 Å². The Kier molecular flexibility index (Phi) is 6.38. The second-order valence-electron chi connectivity index (χ2n) is 6.82. The number of nitrogens with one attached hydrogen (secondary N) is 2. The Balaban J connectivity index is 1.83. The van der Waals surface area contributed by atoms with Crippen molar-refractivity contribution in [2.24, 2.45) is 23.3 Å². The van der Waals surface area contributed by atoms with Gasteiger partial charge in [0.15, 0.2) is 0 Å². The van der Waals surface area contributed by atoms with Crippen LogP contribution in [0.4, 0.5) is 0 Å². The number of hydrogen-bond acceptors (Lipinski definition) is 4.